The monoisotopic (exact) mass is 271 g/mol. The molecule has 1 aromatic rings. The fourth-order valence-electron chi connectivity index (χ4n) is 0.743. The lowest BCUT2D eigenvalue weighted by Gasteiger charge is -2.09. The molecule has 0 unspecified atom stereocenters. The first-order chi connectivity index (χ1) is 7.18. The molecule has 1 fully saturated rings. The van der Waals surface area contributed by atoms with Crippen LogP contribution in [0.15, 0.2) is 0 Å². The molecule has 0 atom stereocenters. The van der Waals surface area contributed by atoms with Gasteiger partial charge in [-0.25, -0.2) is 0 Å². The summed E-state index contributed by atoms with van der Waals surface area (Å²) in [6.07, 6.45) is 0. The van der Waals surface area contributed by atoms with Gasteiger partial charge in [0.05, 0.1) is 26.4 Å². The van der Waals surface area contributed by atoms with Crippen molar-refractivity contribution < 1.29 is 9.47 Å². The number of aromatic nitrogens is 3. The van der Waals surface area contributed by atoms with Gasteiger partial charge in [0.1, 0.15) is 0 Å². The maximum absolute atomic E-state index is 5.32. The van der Waals surface area contributed by atoms with E-state index in [1.165, 1.54) is 0 Å². The van der Waals surface area contributed by atoms with Crippen LogP contribution in [0.4, 0.5) is 0 Å². The lowest BCUT2D eigenvalue weighted by molar-refractivity contribution is -0.0334. The van der Waals surface area contributed by atoms with Crippen LogP contribution in [0.25, 0.3) is 0 Å². The summed E-state index contributed by atoms with van der Waals surface area (Å²) in [6.45, 7) is 3.11. The van der Waals surface area contributed by atoms with E-state index in [4.69, 9.17) is 44.3 Å². The van der Waals surface area contributed by atoms with Crippen LogP contribution in [0.2, 0.25) is 15.9 Å². The molecule has 2 rings (SSSR count). The Morgan fingerprint density at radius 3 is 1.13 bits per heavy atom. The van der Waals surface area contributed by atoms with Crippen LogP contribution in [0.5, 0.6) is 0 Å². The Morgan fingerprint density at radius 2 is 0.933 bits per heavy atom. The minimum absolute atomic E-state index is 0.000000000000000444. The van der Waals surface area contributed by atoms with Crippen LogP contribution in [0, 0.1) is 0 Å². The first-order valence-corrected chi connectivity index (χ1v) is 5.20. The highest BCUT2D eigenvalue weighted by Gasteiger charge is 1.97. The highest BCUT2D eigenvalue weighted by atomic mass is 35.5. The minimum Gasteiger partial charge on any atom is -0.377 e. The van der Waals surface area contributed by atoms with Gasteiger partial charge in [0.2, 0.25) is 15.9 Å². The van der Waals surface area contributed by atoms with Crippen molar-refractivity contribution in [2.75, 3.05) is 26.4 Å². The van der Waals surface area contributed by atoms with Crippen molar-refractivity contribution in [3.8, 4) is 0 Å². The summed E-state index contributed by atoms with van der Waals surface area (Å²) >= 11 is 16.0. The molecule has 0 radical (unpaired) electrons. The van der Waals surface area contributed by atoms with Gasteiger partial charge in [-0.3, -0.25) is 0 Å². The average Bonchev–Trinajstić information content (AvgIpc) is 2.19. The van der Waals surface area contributed by atoms with Crippen LogP contribution in [0.3, 0.4) is 0 Å². The summed E-state index contributed by atoms with van der Waals surface area (Å²) in [5, 5.41) is 0.00000000000000178. The van der Waals surface area contributed by atoms with Gasteiger partial charge in [0.15, 0.2) is 0 Å². The fraction of sp³-hybridized carbons (Fsp3) is 0.571. The molecule has 1 aliphatic rings. The summed E-state index contributed by atoms with van der Waals surface area (Å²) in [4.78, 5) is 10.4. The zero-order valence-electron chi connectivity index (χ0n) is 7.62. The molecule has 2 heterocycles. The standard InChI is InChI=1S/C4H8O2.C3Cl3N3/c1-2-6-4-3-5-1;4-1-7-2(5)9-3(6)8-1/h1-4H2;. The SMILES string of the molecule is C1COCCO1.Clc1nc(Cl)nc(Cl)n1. The number of hydrogen-bond donors (Lipinski definition) is 0. The van der Waals surface area contributed by atoms with Crippen LogP contribution >= 0.6 is 34.8 Å². The molecule has 0 spiro atoms. The van der Waals surface area contributed by atoms with Crippen molar-refractivity contribution in [2.45, 2.75) is 0 Å². The van der Waals surface area contributed by atoms with Crippen LogP contribution in [-0.4, -0.2) is 41.4 Å². The predicted molar refractivity (Wildman–Crippen MR) is 56.5 cm³/mol. The lowest BCUT2D eigenvalue weighted by Crippen LogP contribution is -2.16. The zero-order chi connectivity index (χ0) is 11.1. The van der Waals surface area contributed by atoms with Crippen molar-refractivity contribution in [3.63, 3.8) is 0 Å². The Kier molecular flexibility index (Phi) is 6.12. The second-order valence-corrected chi connectivity index (χ2v) is 3.38. The highest BCUT2D eigenvalue weighted by Crippen LogP contribution is 2.08. The molecule has 15 heavy (non-hydrogen) atoms. The second kappa shape index (κ2) is 7.14. The van der Waals surface area contributed by atoms with Gasteiger partial charge in [-0.1, -0.05) is 0 Å². The third kappa shape index (κ3) is 6.06. The van der Waals surface area contributed by atoms with E-state index in [0.29, 0.717) is 0 Å². The van der Waals surface area contributed by atoms with Gasteiger partial charge >= 0.3 is 0 Å². The van der Waals surface area contributed by atoms with Gasteiger partial charge in [0, 0.05) is 0 Å². The lowest BCUT2D eigenvalue weighted by atomic mass is 10.6. The normalized spacial score (nSPS) is 15.4. The van der Waals surface area contributed by atoms with Crippen molar-refractivity contribution in [3.05, 3.63) is 15.9 Å². The van der Waals surface area contributed by atoms with Gasteiger partial charge in [-0.15, -0.1) is 0 Å². The molecule has 0 aromatic carbocycles. The molecule has 0 bridgehead atoms. The van der Waals surface area contributed by atoms with E-state index < -0.39 is 0 Å². The van der Waals surface area contributed by atoms with Crippen molar-refractivity contribution in [1.29, 1.82) is 0 Å². The molecule has 0 N–H and O–H groups in total. The van der Waals surface area contributed by atoms with Crippen LogP contribution < -0.4 is 0 Å². The third-order valence-electron chi connectivity index (χ3n) is 1.30. The molecule has 1 aliphatic heterocycles. The zero-order valence-corrected chi connectivity index (χ0v) is 9.89. The molecule has 8 heteroatoms. The van der Waals surface area contributed by atoms with Crippen molar-refractivity contribution >= 4 is 34.8 Å². The van der Waals surface area contributed by atoms with Crippen molar-refractivity contribution in [2.24, 2.45) is 0 Å². The number of ether oxygens (including phenoxy) is 2. The fourth-order valence-corrected chi connectivity index (χ4v) is 1.35. The molecule has 1 saturated heterocycles. The van der Waals surface area contributed by atoms with E-state index in [1.807, 2.05) is 0 Å². The van der Waals surface area contributed by atoms with E-state index in [0.717, 1.165) is 26.4 Å². The maximum atomic E-state index is 5.32. The van der Waals surface area contributed by atoms with Gasteiger partial charge in [-0.2, -0.15) is 15.0 Å². The number of halogens is 3. The molecule has 84 valence electrons. The average molecular weight is 273 g/mol. The second-order valence-electron chi connectivity index (χ2n) is 2.37. The summed E-state index contributed by atoms with van der Waals surface area (Å²) < 4.78 is 9.89. The Balaban J connectivity index is 0.000000162. The Bertz CT molecular complexity index is 248. The van der Waals surface area contributed by atoms with Crippen LogP contribution in [0.1, 0.15) is 0 Å². The first kappa shape index (κ1) is 12.9. The number of rotatable bonds is 0. The van der Waals surface area contributed by atoms with E-state index in [-0.39, 0.29) is 15.9 Å². The Morgan fingerprint density at radius 1 is 0.667 bits per heavy atom. The van der Waals surface area contributed by atoms with Crippen LogP contribution in [-0.2, 0) is 9.47 Å². The smallest absolute Gasteiger partial charge is 0.227 e. The maximum Gasteiger partial charge on any atom is 0.227 e. The highest BCUT2D eigenvalue weighted by molar-refractivity contribution is 6.33. The van der Waals surface area contributed by atoms with E-state index >= 15 is 0 Å². The molecular weight excluding hydrogens is 264 g/mol. The summed E-state index contributed by atoms with van der Waals surface area (Å²) in [7, 11) is 0. The summed E-state index contributed by atoms with van der Waals surface area (Å²) in [5.74, 6) is 0. The molecule has 5 nitrogen and oxygen atoms in total. The molecule has 0 saturated carbocycles. The molecule has 0 amide bonds. The number of hydrogen-bond acceptors (Lipinski definition) is 5. The van der Waals surface area contributed by atoms with Gasteiger partial charge in [-0.05, 0) is 34.8 Å². The van der Waals surface area contributed by atoms with Gasteiger partial charge < -0.3 is 9.47 Å². The summed E-state index contributed by atoms with van der Waals surface area (Å²) in [5.41, 5.74) is 0. The first-order valence-electron chi connectivity index (χ1n) is 4.06. The largest absolute Gasteiger partial charge is 0.377 e. The predicted octanol–water partition coefficient (Wildman–Crippen LogP) is 1.86. The quantitative estimate of drug-likeness (QED) is 0.721. The number of nitrogens with zero attached hydrogens (tertiary/aromatic N) is 3. The summed E-state index contributed by atoms with van der Waals surface area (Å²) in [6, 6.07) is 0. The topological polar surface area (TPSA) is 57.1 Å². The van der Waals surface area contributed by atoms with Crippen molar-refractivity contribution in [1.82, 2.24) is 15.0 Å². The van der Waals surface area contributed by atoms with E-state index in [1.54, 1.807) is 0 Å². The third-order valence-corrected chi connectivity index (χ3v) is 1.80. The van der Waals surface area contributed by atoms with E-state index in [9.17, 15) is 0 Å². The Hall–Kier alpha value is -0.200. The molecular formula is C7H8Cl3N3O2. The minimum atomic E-state index is 0.000000000000000444. The molecule has 1 aromatic heterocycles. The van der Waals surface area contributed by atoms with Gasteiger partial charge in [0.25, 0.3) is 0 Å². The Labute approximate surface area is 102 Å². The molecule has 0 aliphatic carbocycles. The van der Waals surface area contributed by atoms with E-state index in [2.05, 4.69) is 15.0 Å².